The van der Waals surface area contributed by atoms with Gasteiger partial charge in [0.1, 0.15) is 5.37 Å². The van der Waals surface area contributed by atoms with Gasteiger partial charge in [-0.1, -0.05) is 11.6 Å². The largest absolute Gasteiger partial charge is 0.357 e. The number of piperazine rings is 1. The molecule has 1 unspecified atom stereocenters. The van der Waals surface area contributed by atoms with E-state index < -0.39 is 15.2 Å². The predicted molar refractivity (Wildman–Crippen MR) is 113 cm³/mol. The van der Waals surface area contributed by atoms with E-state index in [9.17, 15) is 13.2 Å². The maximum absolute atomic E-state index is 13.2. The molecule has 1 aliphatic heterocycles. The van der Waals surface area contributed by atoms with Gasteiger partial charge in [0.15, 0.2) is 9.84 Å². The number of carbonyl (C=O) groups is 1. The van der Waals surface area contributed by atoms with Crippen LogP contribution in [-0.2, 0) is 14.6 Å². The number of anilines is 1. The maximum atomic E-state index is 13.2. The molecule has 150 valence electrons. The van der Waals surface area contributed by atoms with E-state index in [1.165, 1.54) is 16.7 Å². The lowest BCUT2D eigenvalue weighted by Crippen LogP contribution is -2.53. The van der Waals surface area contributed by atoms with Gasteiger partial charge in [0.25, 0.3) is 0 Å². The maximum Gasteiger partial charge on any atom is 0.234 e. The summed E-state index contributed by atoms with van der Waals surface area (Å²) in [7, 11) is -1.93. The molecule has 7 nitrogen and oxygen atoms in total. The van der Waals surface area contributed by atoms with Gasteiger partial charge in [-0.05, 0) is 30.3 Å². The Morgan fingerprint density at radius 3 is 2.75 bits per heavy atom. The number of nitrogens with one attached hydrogen (secondary N) is 1. The molecule has 0 aromatic carbocycles. The first-order valence-corrected chi connectivity index (χ1v) is 11.4. The zero-order chi connectivity index (χ0) is 20.1. The van der Waals surface area contributed by atoms with Crippen LogP contribution in [0.25, 0.3) is 6.08 Å². The first-order chi connectivity index (χ1) is 13.3. The number of pyridine rings is 1. The van der Waals surface area contributed by atoms with E-state index in [-0.39, 0.29) is 19.0 Å². The molecule has 2 aromatic heterocycles. The smallest absolute Gasteiger partial charge is 0.234 e. The van der Waals surface area contributed by atoms with Gasteiger partial charge >= 0.3 is 0 Å². The number of thiophene rings is 1. The second-order valence-electron chi connectivity index (χ2n) is 6.39. The van der Waals surface area contributed by atoms with Crippen molar-refractivity contribution >= 4 is 50.4 Å². The first kappa shape index (κ1) is 20.8. The predicted octanol–water partition coefficient (Wildman–Crippen LogP) is 2.08. The molecule has 28 heavy (non-hydrogen) atoms. The Morgan fingerprint density at radius 1 is 1.36 bits per heavy atom. The minimum Gasteiger partial charge on any atom is -0.357 e. The van der Waals surface area contributed by atoms with Crippen molar-refractivity contribution < 1.29 is 13.2 Å². The van der Waals surface area contributed by atoms with E-state index in [2.05, 4.69) is 10.3 Å². The Hall–Kier alpha value is -1.94. The fraction of sp³-hybridized carbons (Fsp3) is 0.333. The summed E-state index contributed by atoms with van der Waals surface area (Å²) < 4.78 is 27.0. The first-order valence-electron chi connectivity index (χ1n) is 8.64. The zero-order valence-electron chi connectivity index (χ0n) is 15.3. The van der Waals surface area contributed by atoms with Crippen LogP contribution in [0.4, 0.5) is 5.69 Å². The van der Waals surface area contributed by atoms with E-state index in [0.717, 1.165) is 10.6 Å². The van der Waals surface area contributed by atoms with Crippen molar-refractivity contribution in [2.24, 2.45) is 0 Å². The second kappa shape index (κ2) is 9.04. The van der Waals surface area contributed by atoms with Crippen molar-refractivity contribution in [3.05, 3.63) is 51.3 Å². The van der Waals surface area contributed by atoms with Crippen molar-refractivity contribution in [1.29, 1.82) is 0 Å². The summed E-state index contributed by atoms with van der Waals surface area (Å²) >= 11 is 7.23. The highest BCUT2D eigenvalue weighted by molar-refractivity contribution is 7.95. The molecule has 1 atom stereocenters. The molecule has 1 N–H and O–H groups in total. The molecule has 3 rings (SSSR count). The van der Waals surface area contributed by atoms with Crippen LogP contribution in [0.5, 0.6) is 0 Å². The van der Waals surface area contributed by atoms with Gasteiger partial charge < -0.3 is 10.2 Å². The molecule has 10 heteroatoms. The number of rotatable bonds is 7. The van der Waals surface area contributed by atoms with Gasteiger partial charge in [-0.3, -0.25) is 14.7 Å². The van der Waals surface area contributed by atoms with Gasteiger partial charge in [-0.25, -0.2) is 8.42 Å². The van der Waals surface area contributed by atoms with E-state index in [4.69, 9.17) is 11.6 Å². The van der Waals surface area contributed by atoms with Gasteiger partial charge in [-0.15, -0.1) is 11.3 Å². The molecular weight excluding hydrogens is 420 g/mol. The van der Waals surface area contributed by atoms with Gasteiger partial charge in [0, 0.05) is 55.0 Å². The van der Waals surface area contributed by atoms with Crippen LogP contribution in [0, 0.1) is 0 Å². The van der Waals surface area contributed by atoms with Crippen LogP contribution < -0.4 is 10.2 Å². The highest BCUT2D eigenvalue weighted by Crippen LogP contribution is 2.24. The fourth-order valence-corrected chi connectivity index (χ4v) is 5.48. The molecule has 1 saturated heterocycles. The highest BCUT2D eigenvalue weighted by Gasteiger charge is 2.31. The standard InChI is InChI=1S/C18H21ClN4O3S2/c1-22(14-4-7-20-8-5-14)18(13-23-10-9-21-17(24)12-23)28(25,26)11-6-15-2-3-16(19)27-15/h2-8,11,18H,9-10,12-13H2,1H3,(H,21,24). The summed E-state index contributed by atoms with van der Waals surface area (Å²) in [5.74, 6) is -0.0993. The van der Waals surface area contributed by atoms with Crippen molar-refractivity contribution in [1.82, 2.24) is 15.2 Å². The Labute approximate surface area is 173 Å². The molecule has 0 aliphatic carbocycles. The SMILES string of the molecule is CN(c1ccncc1)C(CN1CCNC(=O)C1)S(=O)(=O)C=Cc1ccc(Cl)s1. The number of amides is 1. The normalized spacial score (nSPS) is 16.9. The minimum atomic E-state index is -3.66. The third-order valence-electron chi connectivity index (χ3n) is 4.43. The number of carbonyl (C=O) groups excluding carboxylic acids is 1. The molecular formula is C18H21ClN4O3S2. The lowest BCUT2D eigenvalue weighted by Gasteiger charge is -2.34. The molecule has 0 saturated carbocycles. The summed E-state index contributed by atoms with van der Waals surface area (Å²) in [6.45, 7) is 1.50. The summed E-state index contributed by atoms with van der Waals surface area (Å²) in [6, 6.07) is 7.02. The lowest BCUT2D eigenvalue weighted by atomic mass is 10.3. The number of halogens is 1. The van der Waals surface area contributed by atoms with Crippen molar-refractivity contribution in [3.8, 4) is 0 Å². The average Bonchev–Trinajstić information content (AvgIpc) is 3.10. The Morgan fingerprint density at radius 2 is 2.11 bits per heavy atom. The average molecular weight is 441 g/mol. The second-order valence-corrected chi connectivity index (χ2v) is 10.1. The third-order valence-corrected chi connectivity index (χ3v) is 7.36. The molecule has 0 spiro atoms. The van der Waals surface area contributed by atoms with Crippen LogP contribution in [-0.4, -0.2) is 62.8 Å². The van der Waals surface area contributed by atoms with Gasteiger partial charge in [0.05, 0.1) is 10.9 Å². The number of hydrogen-bond acceptors (Lipinski definition) is 7. The van der Waals surface area contributed by atoms with Crippen LogP contribution >= 0.6 is 22.9 Å². The van der Waals surface area contributed by atoms with Crippen LogP contribution in [0.1, 0.15) is 4.88 Å². The molecule has 0 bridgehead atoms. The fourth-order valence-electron chi connectivity index (χ4n) is 2.93. The molecule has 2 aromatic rings. The Kier molecular flexibility index (Phi) is 6.71. The molecule has 1 aliphatic rings. The van der Waals surface area contributed by atoms with Crippen molar-refractivity contribution in [2.45, 2.75) is 5.37 Å². The third kappa shape index (κ3) is 5.32. The number of nitrogens with zero attached hydrogens (tertiary/aromatic N) is 3. The van der Waals surface area contributed by atoms with E-state index in [1.807, 2.05) is 4.90 Å². The van der Waals surface area contributed by atoms with Gasteiger partial charge in [-0.2, -0.15) is 0 Å². The van der Waals surface area contributed by atoms with E-state index >= 15 is 0 Å². The summed E-state index contributed by atoms with van der Waals surface area (Å²) in [5.41, 5.74) is 0.734. The van der Waals surface area contributed by atoms with Crippen LogP contribution in [0.15, 0.2) is 42.1 Å². The van der Waals surface area contributed by atoms with E-state index in [0.29, 0.717) is 17.4 Å². The Bertz CT molecular complexity index is 947. The number of hydrogen-bond donors (Lipinski definition) is 1. The number of likely N-dealkylation sites (N-methyl/N-ethyl adjacent to an activating group) is 1. The Balaban J connectivity index is 1.87. The van der Waals surface area contributed by atoms with Crippen LogP contribution in [0.2, 0.25) is 4.34 Å². The summed E-state index contributed by atoms with van der Waals surface area (Å²) in [5, 5.41) is 3.13. The van der Waals surface area contributed by atoms with Crippen molar-refractivity contribution in [2.75, 3.05) is 38.1 Å². The van der Waals surface area contributed by atoms with Crippen LogP contribution in [0.3, 0.4) is 0 Å². The number of sulfone groups is 1. The molecule has 1 fully saturated rings. The quantitative estimate of drug-likeness (QED) is 0.709. The molecule has 0 radical (unpaired) electrons. The zero-order valence-corrected chi connectivity index (χ0v) is 17.7. The highest BCUT2D eigenvalue weighted by atomic mass is 35.5. The molecule has 3 heterocycles. The summed E-state index contributed by atoms with van der Waals surface area (Å²) in [6.07, 6.45) is 4.79. The van der Waals surface area contributed by atoms with Crippen molar-refractivity contribution in [3.63, 3.8) is 0 Å². The monoisotopic (exact) mass is 440 g/mol. The molecule has 1 amide bonds. The van der Waals surface area contributed by atoms with E-state index in [1.54, 1.807) is 54.7 Å². The number of aromatic nitrogens is 1. The minimum absolute atomic E-state index is 0.0993. The van der Waals surface area contributed by atoms with Gasteiger partial charge in [0.2, 0.25) is 5.91 Å². The lowest BCUT2D eigenvalue weighted by molar-refractivity contribution is -0.124. The topological polar surface area (TPSA) is 82.6 Å². The summed E-state index contributed by atoms with van der Waals surface area (Å²) in [4.78, 5) is 20.0.